The maximum atomic E-state index is 12.3. The minimum atomic E-state index is 0.112. The number of carbonyl (C=O) groups is 1. The highest BCUT2D eigenvalue weighted by molar-refractivity contribution is 5.78. The molecule has 2 aliphatic rings. The Bertz CT molecular complexity index is 720. The molecule has 0 radical (unpaired) electrons. The highest BCUT2D eigenvalue weighted by atomic mass is 16.5. The van der Waals surface area contributed by atoms with Crippen molar-refractivity contribution in [3.8, 4) is 0 Å². The average Bonchev–Trinajstić information content (AvgIpc) is 3.51. The Kier molecular flexibility index (Phi) is 9.89. The smallest absolute Gasteiger partial charge is 0.246 e. The van der Waals surface area contributed by atoms with E-state index < -0.39 is 0 Å². The number of carbonyl (C=O) groups excluding carboxylic acids is 1. The van der Waals surface area contributed by atoms with Gasteiger partial charge >= 0.3 is 0 Å². The van der Waals surface area contributed by atoms with E-state index in [0.29, 0.717) is 24.2 Å². The Balaban J connectivity index is 0.00000145. The van der Waals surface area contributed by atoms with Gasteiger partial charge in [-0.3, -0.25) is 4.79 Å². The fraction of sp³-hybridized carbons (Fsp3) is 0.625. The summed E-state index contributed by atoms with van der Waals surface area (Å²) in [6.07, 6.45) is 17.5. The summed E-state index contributed by atoms with van der Waals surface area (Å²) < 4.78 is 5.38. The van der Waals surface area contributed by atoms with E-state index in [0.717, 1.165) is 37.7 Å². The van der Waals surface area contributed by atoms with Gasteiger partial charge in [0.25, 0.3) is 0 Å². The fourth-order valence-electron chi connectivity index (χ4n) is 3.66. The van der Waals surface area contributed by atoms with Gasteiger partial charge in [-0.25, -0.2) is 0 Å². The molecule has 1 aromatic heterocycles. The second-order valence-electron chi connectivity index (χ2n) is 7.55. The van der Waals surface area contributed by atoms with Gasteiger partial charge in [-0.15, -0.1) is 0 Å². The van der Waals surface area contributed by atoms with Crippen molar-refractivity contribution in [1.82, 2.24) is 15.5 Å². The van der Waals surface area contributed by atoms with E-state index in [-0.39, 0.29) is 11.8 Å². The second kappa shape index (κ2) is 12.4. The van der Waals surface area contributed by atoms with E-state index >= 15 is 0 Å². The standard InChI is InChI=1S/C22H31N3O2.C2H6/c1-3-8-18(16-12-13-16)14-19(9-4-2)21-24-20(27-25-21)15-23-22(26)17-10-6-5-7-11-17;1-2/h4,8-9,14,16-17H,3,5-7,10-13,15H2,1-2H3,(H,23,26);1-2H3/b9-4-,18-8-,19-14+;. The third-order valence-corrected chi connectivity index (χ3v) is 5.27. The zero-order valence-electron chi connectivity index (χ0n) is 18.5. The van der Waals surface area contributed by atoms with Crippen LogP contribution in [-0.4, -0.2) is 16.0 Å². The lowest BCUT2D eigenvalue weighted by Crippen LogP contribution is -2.31. The lowest BCUT2D eigenvalue weighted by Gasteiger charge is -2.20. The SMILES string of the molecule is CC.C\C=C/C(=C\C(=C\CC)C1CC1)c1noc(CNC(=O)C2CCCCC2)n1. The van der Waals surface area contributed by atoms with Crippen LogP contribution in [0.5, 0.6) is 0 Å². The van der Waals surface area contributed by atoms with Crippen molar-refractivity contribution in [1.29, 1.82) is 0 Å². The molecular weight excluding hydrogens is 362 g/mol. The molecule has 2 fully saturated rings. The number of nitrogens with one attached hydrogen (secondary N) is 1. The first-order valence-electron chi connectivity index (χ1n) is 11.4. The Labute approximate surface area is 175 Å². The van der Waals surface area contributed by atoms with Crippen LogP contribution in [0.25, 0.3) is 5.57 Å². The summed E-state index contributed by atoms with van der Waals surface area (Å²) in [4.78, 5) is 16.8. The summed E-state index contributed by atoms with van der Waals surface area (Å²) in [5.41, 5.74) is 2.32. The van der Waals surface area contributed by atoms with Crippen LogP contribution in [0.15, 0.2) is 34.4 Å². The van der Waals surface area contributed by atoms with Crippen molar-refractivity contribution < 1.29 is 9.32 Å². The van der Waals surface area contributed by atoms with E-state index in [4.69, 9.17) is 4.52 Å². The molecule has 0 bridgehead atoms. The van der Waals surface area contributed by atoms with Gasteiger partial charge in [0.15, 0.2) is 0 Å². The van der Waals surface area contributed by atoms with Gasteiger partial charge in [0.2, 0.25) is 17.6 Å². The minimum absolute atomic E-state index is 0.112. The molecule has 5 nitrogen and oxygen atoms in total. The fourth-order valence-corrected chi connectivity index (χ4v) is 3.66. The Morgan fingerprint density at radius 3 is 2.48 bits per heavy atom. The van der Waals surface area contributed by atoms with E-state index in [1.54, 1.807) is 0 Å². The third-order valence-electron chi connectivity index (χ3n) is 5.27. The highest BCUT2D eigenvalue weighted by Gasteiger charge is 2.25. The summed E-state index contributed by atoms with van der Waals surface area (Å²) in [5.74, 6) is 1.96. The van der Waals surface area contributed by atoms with E-state index in [1.807, 2.05) is 32.9 Å². The lowest BCUT2D eigenvalue weighted by atomic mass is 9.89. The molecule has 5 heteroatoms. The van der Waals surface area contributed by atoms with Crippen LogP contribution in [0.3, 0.4) is 0 Å². The molecule has 160 valence electrons. The van der Waals surface area contributed by atoms with Crippen molar-refractivity contribution in [2.24, 2.45) is 11.8 Å². The van der Waals surface area contributed by atoms with Gasteiger partial charge in [-0.05, 0) is 56.6 Å². The average molecular weight is 400 g/mol. The van der Waals surface area contributed by atoms with Crippen LogP contribution in [-0.2, 0) is 11.3 Å². The minimum Gasteiger partial charge on any atom is -0.347 e. The molecule has 3 rings (SSSR count). The van der Waals surface area contributed by atoms with Crippen LogP contribution in [0, 0.1) is 11.8 Å². The van der Waals surface area contributed by atoms with Crippen molar-refractivity contribution in [3.05, 3.63) is 41.6 Å². The van der Waals surface area contributed by atoms with Gasteiger partial charge in [0, 0.05) is 11.5 Å². The Hall–Kier alpha value is -2.17. The van der Waals surface area contributed by atoms with Crippen LogP contribution in [0.4, 0.5) is 0 Å². The molecule has 0 aliphatic heterocycles. The lowest BCUT2D eigenvalue weighted by molar-refractivity contribution is -0.126. The van der Waals surface area contributed by atoms with Crippen LogP contribution in [0.2, 0.25) is 0 Å². The summed E-state index contributed by atoms with van der Waals surface area (Å²) in [5, 5.41) is 7.09. The molecule has 1 heterocycles. The van der Waals surface area contributed by atoms with Gasteiger partial charge in [0.05, 0.1) is 6.54 Å². The summed E-state index contributed by atoms with van der Waals surface area (Å²) in [6, 6.07) is 0. The van der Waals surface area contributed by atoms with Gasteiger partial charge < -0.3 is 9.84 Å². The van der Waals surface area contributed by atoms with Crippen molar-refractivity contribution >= 4 is 11.5 Å². The third kappa shape index (κ3) is 7.30. The monoisotopic (exact) mass is 399 g/mol. The number of hydrogen-bond donors (Lipinski definition) is 1. The predicted molar refractivity (Wildman–Crippen MR) is 118 cm³/mol. The molecule has 2 saturated carbocycles. The van der Waals surface area contributed by atoms with E-state index in [2.05, 4.69) is 34.5 Å². The molecule has 1 N–H and O–H groups in total. The van der Waals surface area contributed by atoms with Gasteiger partial charge in [-0.2, -0.15) is 4.98 Å². The number of amides is 1. The van der Waals surface area contributed by atoms with Crippen molar-refractivity contribution in [2.45, 2.75) is 85.6 Å². The maximum Gasteiger partial charge on any atom is 0.246 e. The predicted octanol–water partition coefficient (Wildman–Crippen LogP) is 6.00. The first-order chi connectivity index (χ1) is 14.2. The first kappa shape index (κ1) is 23.1. The van der Waals surface area contributed by atoms with Gasteiger partial charge in [-0.1, -0.05) is 63.4 Å². The molecule has 29 heavy (non-hydrogen) atoms. The summed E-state index contributed by atoms with van der Waals surface area (Å²) >= 11 is 0. The van der Waals surface area contributed by atoms with E-state index in [1.165, 1.54) is 24.8 Å². The molecule has 0 saturated heterocycles. The van der Waals surface area contributed by atoms with Crippen molar-refractivity contribution in [3.63, 3.8) is 0 Å². The molecule has 0 spiro atoms. The van der Waals surface area contributed by atoms with Crippen LogP contribution < -0.4 is 5.32 Å². The molecule has 2 aliphatic carbocycles. The van der Waals surface area contributed by atoms with Gasteiger partial charge in [0.1, 0.15) is 0 Å². The number of allylic oxidation sites excluding steroid dienone is 6. The molecule has 0 unspecified atom stereocenters. The number of rotatable bonds is 8. The summed E-state index contributed by atoms with van der Waals surface area (Å²) in [6.45, 7) is 8.44. The molecule has 1 amide bonds. The molecule has 0 aromatic carbocycles. The first-order valence-corrected chi connectivity index (χ1v) is 11.4. The largest absolute Gasteiger partial charge is 0.347 e. The van der Waals surface area contributed by atoms with Crippen LogP contribution >= 0.6 is 0 Å². The Morgan fingerprint density at radius 1 is 1.14 bits per heavy atom. The summed E-state index contributed by atoms with van der Waals surface area (Å²) in [7, 11) is 0. The van der Waals surface area contributed by atoms with Crippen LogP contribution in [0.1, 0.15) is 90.8 Å². The maximum absolute atomic E-state index is 12.3. The second-order valence-corrected chi connectivity index (χ2v) is 7.55. The zero-order valence-corrected chi connectivity index (χ0v) is 18.5. The number of aromatic nitrogens is 2. The Morgan fingerprint density at radius 2 is 1.86 bits per heavy atom. The number of hydrogen-bond acceptors (Lipinski definition) is 4. The highest BCUT2D eigenvalue weighted by Crippen LogP contribution is 2.38. The zero-order chi connectivity index (χ0) is 21.1. The molecule has 0 atom stereocenters. The van der Waals surface area contributed by atoms with E-state index in [9.17, 15) is 4.79 Å². The number of nitrogens with zero attached hydrogens (tertiary/aromatic N) is 2. The quantitative estimate of drug-likeness (QED) is 0.545. The molecule has 1 aromatic rings. The topological polar surface area (TPSA) is 68.0 Å². The molecular formula is C24H37N3O2. The normalized spacial score (nSPS) is 18.5. The van der Waals surface area contributed by atoms with Crippen molar-refractivity contribution in [2.75, 3.05) is 0 Å².